The number of fused-ring (bicyclic) bond motifs is 1. The molecule has 2 N–H and O–H groups in total. The van der Waals surface area contributed by atoms with Gasteiger partial charge in [-0.3, -0.25) is 4.57 Å². The van der Waals surface area contributed by atoms with Gasteiger partial charge in [0.05, 0.1) is 41.7 Å². The molecule has 12 nitrogen and oxygen atoms in total. The zero-order valence-electron chi connectivity index (χ0n) is 22.3. The number of aliphatic hydroxyl groups is 1. The van der Waals surface area contributed by atoms with E-state index in [0.717, 1.165) is 5.69 Å². The van der Waals surface area contributed by atoms with Crippen LogP contribution in [-0.2, 0) is 4.74 Å². The summed E-state index contributed by atoms with van der Waals surface area (Å²) >= 11 is 0. The van der Waals surface area contributed by atoms with Crippen LogP contribution < -0.4 is 14.8 Å². The second-order valence-electron chi connectivity index (χ2n) is 9.59. The molecule has 0 amide bonds. The number of hydrogen-bond acceptors (Lipinski definition) is 10. The largest absolute Gasteiger partial charge is 0.483 e. The summed E-state index contributed by atoms with van der Waals surface area (Å²) in [5.74, 6) is 1.58. The molecule has 1 aliphatic heterocycles. The van der Waals surface area contributed by atoms with Gasteiger partial charge in [0.25, 0.3) is 0 Å². The Kier molecular flexibility index (Phi) is 6.93. The van der Waals surface area contributed by atoms with Gasteiger partial charge in [0, 0.05) is 23.4 Å². The molecule has 14 heteroatoms. The van der Waals surface area contributed by atoms with Gasteiger partial charge in [0.2, 0.25) is 5.88 Å². The zero-order chi connectivity index (χ0) is 28.7. The van der Waals surface area contributed by atoms with Crippen molar-refractivity contribution in [3.05, 3.63) is 65.7 Å². The van der Waals surface area contributed by atoms with Crippen LogP contribution in [0.15, 0.2) is 48.8 Å². The summed E-state index contributed by atoms with van der Waals surface area (Å²) in [4.78, 5) is 9.32. The summed E-state index contributed by atoms with van der Waals surface area (Å²) in [6, 6.07) is 12.2. The average Bonchev–Trinajstić information content (AvgIpc) is 3.49. The Labute approximate surface area is 232 Å². The van der Waals surface area contributed by atoms with Crippen molar-refractivity contribution in [2.24, 2.45) is 0 Å². The third-order valence-corrected chi connectivity index (χ3v) is 6.47. The molecule has 6 rings (SSSR count). The topological polar surface area (TPSA) is 134 Å². The smallest absolute Gasteiger partial charge is 0.388 e. The second kappa shape index (κ2) is 10.7. The fourth-order valence-electron chi connectivity index (χ4n) is 4.37. The highest BCUT2D eigenvalue weighted by molar-refractivity contribution is 5.86. The first-order valence-electron chi connectivity index (χ1n) is 12.8. The summed E-state index contributed by atoms with van der Waals surface area (Å²) in [5, 5.41) is 26.1. The Morgan fingerprint density at radius 2 is 1.93 bits per heavy atom. The number of imidazole rings is 1. The molecule has 5 aromatic rings. The van der Waals surface area contributed by atoms with Crippen molar-refractivity contribution in [2.75, 3.05) is 18.5 Å². The number of alkyl halides is 2. The number of benzene rings is 1. The average molecular weight is 565 g/mol. The summed E-state index contributed by atoms with van der Waals surface area (Å²) in [6.45, 7) is 3.06. The quantitative estimate of drug-likeness (QED) is 0.268. The Morgan fingerprint density at radius 1 is 1.10 bits per heavy atom. The first-order valence-corrected chi connectivity index (χ1v) is 12.8. The normalized spacial score (nSPS) is 14.3. The molecular formula is C27H26F2N8O4. The van der Waals surface area contributed by atoms with Crippen LogP contribution in [0.2, 0.25) is 0 Å². The highest BCUT2D eigenvalue weighted by atomic mass is 19.3. The van der Waals surface area contributed by atoms with E-state index in [2.05, 4.69) is 30.3 Å². The van der Waals surface area contributed by atoms with Crippen molar-refractivity contribution in [2.45, 2.75) is 39.6 Å². The van der Waals surface area contributed by atoms with E-state index in [-0.39, 0.29) is 17.8 Å². The highest BCUT2D eigenvalue weighted by Crippen LogP contribution is 2.35. The van der Waals surface area contributed by atoms with Crippen LogP contribution in [-0.4, -0.2) is 65.5 Å². The number of ether oxygens (including phenoxy) is 3. The SMILES string of the molecule is Cc1ccc(Nc2cc3ncn(-c4ccc(C(C)O)c(-n5nc(OC(F)F)cc5C)n4)c3cc2OC2COC2)nn1. The maximum absolute atomic E-state index is 12.8. The molecular weight excluding hydrogens is 538 g/mol. The van der Waals surface area contributed by atoms with Crippen LogP contribution in [0.5, 0.6) is 11.6 Å². The fourth-order valence-corrected chi connectivity index (χ4v) is 4.37. The molecule has 0 aliphatic carbocycles. The minimum atomic E-state index is -3.02. The van der Waals surface area contributed by atoms with Crippen molar-refractivity contribution in [1.29, 1.82) is 0 Å². The number of anilines is 2. The molecule has 41 heavy (non-hydrogen) atoms. The van der Waals surface area contributed by atoms with E-state index in [0.29, 0.717) is 58.6 Å². The molecule has 0 bridgehead atoms. The second-order valence-corrected chi connectivity index (χ2v) is 9.59. The van der Waals surface area contributed by atoms with E-state index in [9.17, 15) is 13.9 Å². The van der Waals surface area contributed by atoms with Crippen molar-refractivity contribution >= 4 is 22.5 Å². The lowest BCUT2D eigenvalue weighted by molar-refractivity contribution is -0.0793. The molecule has 1 aromatic carbocycles. The third-order valence-electron chi connectivity index (χ3n) is 6.47. The standard InChI is InChI=1S/C27H26F2N8O4/c1-14-4-6-23(34-33-14)31-20-9-19-21(10-22(20)40-17-11-39-12-17)36(13-30-19)24-7-5-18(16(3)38)26(32-24)37-15(2)8-25(35-37)41-27(28)29/h4-10,13,16-17,27,38H,11-12H2,1-3H3,(H,31,34). The Hall–Kier alpha value is -4.69. The van der Waals surface area contributed by atoms with E-state index in [4.69, 9.17) is 14.5 Å². The van der Waals surface area contributed by atoms with Crippen LogP contribution in [0, 0.1) is 13.8 Å². The third kappa shape index (κ3) is 5.38. The van der Waals surface area contributed by atoms with Crippen LogP contribution in [0.1, 0.15) is 30.0 Å². The number of nitrogens with one attached hydrogen (secondary N) is 1. The van der Waals surface area contributed by atoms with Gasteiger partial charge in [-0.2, -0.15) is 13.9 Å². The predicted molar refractivity (Wildman–Crippen MR) is 143 cm³/mol. The lowest BCUT2D eigenvalue weighted by Crippen LogP contribution is -2.38. The maximum Gasteiger partial charge on any atom is 0.388 e. The van der Waals surface area contributed by atoms with Gasteiger partial charge >= 0.3 is 6.61 Å². The number of pyridine rings is 1. The minimum Gasteiger partial charge on any atom is -0.483 e. The predicted octanol–water partition coefficient (Wildman–Crippen LogP) is 4.19. The van der Waals surface area contributed by atoms with Crippen molar-refractivity contribution in [3.63, 3.8) is 0 Å². The van der Waals surface area contributed by atoms with E-state index in [1.54, 1.807) is 36.9 Å². The highest BCUT2D eigenvalue weighted by Gasteiger charge is 2.24. The molecule has 212 valence electrons. The summed E-state index contributed by atoms with van der Waals surface area (Å²) in [7, 11) is 0. The molecule has 1 saturated heterocycles. The Balaban J connectivity index is 1.43. The van der Waals surface area contributed by atoms with Crippen LogP contribution >= 0.6 is 0 Å². The summed E-state index contributed by atoms with van der Waals surface area (Å²) in [6.07, 6.45) is 0.611. The van der Waals surface area contributed by atoms with Gasteiger partial charge in [-0.1, -0.05) is 0 Å². The van der Waals surface area contributed by atoms with Crippen molar-refractivity contribution in [1.82, 2.24) is 34.5 Å². The summed E-state index contributed by atoms with van der Waals surface area (Å²) < 4.78 is 44.7. The number of halogens is 2. The van der Waals surface area contributed by atoms with E-state index >= 15 is 0 Å². The van der Waals surface area contributed by atoms with Crippen molar-refractivity contribution < 1.29 is 28.1 Å². The number of nitrogens with zero attached hydrogens (tertiary/aromatic N) is 7. The number of aliphatic hydroxyl groups excluding tert-OH is 1. The van der Waals surface area contributed by atoms with Gasteiger partial charge in [-0.05, 0) is 51.1 Å². The van der Waals surface area contributed by atoms with Gasteiger partial charge in [0.1, 0.15) is 24.0 Å². The molecule has 1 fully saturated rings. The summed E-state index contributed by atoms with van der Waals surface area (Å²) in [5.41, 5.74) is 3.75. The zero-order valence-corrected chi connectivity index (χ0v) is 22.3. The number of aryl methyl sites for hydroxylation is 2. The van der Waals surface area contributed by atoms with Crippen molar-refractivity contribution in [3.8, 4) is 23.3 Å². The van der Waals surface area contributed by atoms with E-state index in [1.165, 1.54) is 10.7 Å². The number of rotatable bonds is 9. The van der Waals surface area contributed by atoms with Gasteiger partial charge in [0.15, 0.2) is 11.6 Å². The fraction of sp³-hybridized carbons (Fsp3) is 0.296. The van der Waals surface area contributed by atoms with Gasteiger partial charge < -0.3 is 24.6 Å². The lowest BCUT2D eigenvalue weighted by atomic mass is 10.1. The van der Waals surface area contributed by atoms with E-state index in [1.807, 2.05) is 31.2 Å². The van der Waals surface area contributed by atoms with Gasteiger partial charge in [-0.15, -0.1) is 10.2 Å². The van der Waals surface area contributed by atoms with Crippen LogP contribution in [0.4, 0.5) is 20.3 Å². The first kappa shape index (κ1) is 26.5. The first-order chi connectivity index (χ1) is 19.7. The molecule has 1 aliphatic rings. The molecule has 1 unspecified atom stereocenters. The van der Waals surface area contributed by atoms with Gasteiger partial charge in [-0.25, -0.2) is 14.6 Å². The Bertz CT molecular complexity index is 1700. The number of aromatic nitrogens is 7. The molecule has 0 radical (unpaired) electrons. The maximum atomic E-state index is 12.8. The molecule has 4 aromatic heterocycles. The number of hydrogen-bond donors (Lipinski definition) is 2. The molecule has 5 heterocycles. The Morgan fingerprint density at radius 3 is 2.61 bits per heavy atom. The van der Waals surface area contributed by atoms with E-state index < -0.39 is 12.7 Å². The lowest BCUT2D eigenvalue weighted by Gasteiger charge is -2.27. The monoisotopic (exact) mass is 564 g/mol. The minimum absolute atomic E-state index is 0.101. The molecule has 0 spiro atoms. The van der Waals surface area contributed by atoms with Crippen LogP contribution in [0.3, 0.4) is 0 Å². The molecule has 1 atom stereocenters. The van der Waals surface area contributed by atoms with Crippen LogP contribution in [0.25, 0.3) is 22.7 Å². The molecule has 0 saturated carbocycles.